The van der Waals surface area contributed by atoms with E-state index in [4.69, 9.17) is 0 Å². The molecule has 0 radical (unpaired) electrons. The van der Waals surface area contributed by atoms with Gasteiger partial charge in [-0.1, -0.05) is 6.92 Å². The van der Waals surface area contributed by atoms with Crippen LogP contribution in [0.3, 0.4) is 0 Å². The molecule has 110 valence electrons. The third-order valence-corrected chi connectivity index (χ3v) is 2.45. The van der Waals surface area contributed by atoms with E-state index in [2.05, 4.69) is 20.6 Å². The maximum atomic E-state index is 11.5. The lowest BCUT2D eigenvalue weighted by Gasteiger charge is -2.12. The van der Waals surface area contributed by atoms with Gasteiger partial charge in [-0.3, -0.25) is 14.9 Å². The van der Waals surface area contributed by atoms with Crippen molar-refractivity contribution in [2.24, 2.45) is 0 Å². The molecule has 9 nitrogen and oxygen atoms in total. The van der Waals surface area contributed by atoms with Crippen LogP contribution in [0, 0.1) is 10.1 Å². The monoisotopic (exact) mass is 282 g/mol. The molecule has 0 aliphatic heterocycles. The Morgan fingerprint density at radius 1 is 1.35 bits per heavy atom. The highest BCUT2D eigenvalue weighted by Crippen LogP contribution is 2.28. The van der Waals surface area contributed by atoms with Gasteiger partial charge in [0.05, 0.1) is 11.5 Å². The van der Waals surface area contributed by atoms with Gasteiger partial charge >= 0.3 is 5.69 Å². The number of nitrogens with zero attached hydrogens (tertiary/aromatic N) is 4. The fraction of sp³-hybridized carbons (Fsp3) is 0.545. The average Bonchev–Trinajstić information content (AvgIpc) is 2.41. The van der Waals surface area contributed by atoms with Crippen molar-refractivity contribution >= 4 is 23.2 Å². The Balaban J connectivity index is 2.94. The van der Waals surface area contributed by atoms with Crippen molar-refractivity contribution in [3.05, 3.63) is 16.4 Å². The van der Waals surface area contributed by atoms with Crippen LogP contribution in [0.4, 0.5) is 17.3 Å². The summed E-state index contributed by atoms with van der Waals surface area (Å²) < 4.78 is 0. The zero-order valence-electron chi connectivity index (χ0n) is 11.7. The van der Waals surface area contributed by atoms with E-state index >= 15 is 0 Å². The number of hydrogen-bond acceptors (Lipinski definition) is 7. The molecule has 0 unspecified atom stereocenters. The van der Waals surface area contributed by atoms with Crippen LogP contribution in [0.15, 0.2) is 6.33 Å². The van der Waals surface area contributed by atoms with Gasteiger partial charge in [0, 0.05) is 20.6 Å². The van der Waals surface area contributed by atoms with Gasteiger partial charge in [0.15, 0.2) is 0 Å². The average molecular weight is 282 g/mol. The van der Waals surface area contributed by atoms with Crippen molar-refractivity contribution in [1.29, 1.82) is 0 Å². The first kappa shape index (κ1) is 15.6. The maximum Gasteiger partial charge on any atom is 0.353 e. The number of carbonyl (C=O) groups is 1. The van der Waals surface area contributed by atoms with Gasteiger partial charge in [-0.2, -0.15) is 0 Å². The van der Waals surface area contributed by atoms with E-state index in [1.54, 1.807) is 14.1 Å². The molecule has 1 aromatic rings. The number of carbonyl (C=O) groups excluding carboxylic acids is 1. The second-order valence-electron chi connectivity index (χ2n) is 4.25. The molecular weight excluding hydrogens is 264 g/mol. The lowest BCUT2D eigenvalue weighted by atomic mass is 10.4. The second kappa shape index (κ2) is 7.22. The lowest BCUT2D eigenvalue weighted by Crippen LogP contribution is -2.29. The van der Waals surface area contributed by atoms with E-state index in [0.29, 0.717) is 6.54 Å². The Morgan fingerprint density at radius 3 is 2.45 bits per heavy atom. The number of aromatic nitrogens is 2. The Bertz CT molecular complexity index is 491. The van der Waals surface area contributed by atoms with Gasteiger partial charge in [0.25, 0.3) is 0 Å². The number of rotatable bonds is 7. The van der Waals surface area contributed by atoms with Gasteiger partial charge < -0.3 is 15.5 Å². The summed E-state index contributed by atoms with van der Waals surface area (Å²) in [5.74, 6) is -0.0357. The molecule has 0 atom stereocenters. The highest BCUT2D eigenvalue weighted by Gasteiger charge is 2.23. The first-order chi connectivity index (χ1) is 9.47. The zero-order chi connectivity index (χ0) is 15.1. The van der Waals surface area contributed by atoms with E-state index in [1.165, 1.54) is 11.2 Å². The highest BCUT2D eigenvalue weighted by molar-refractivity contribution is 5.81. The Kier molecular flexibility index (Phi) is 5.63. The number of anilines is 2. The fourth-order valence-electron chi connectivity index (χ4n) is 1.37. The molecule has 0 aromatic carbocycles. The molecule has 1 aromatic heterocycles. The highest BCUT2D eigenvalue weighted by atomic mass is 16.6. The molecule has 9 heteroatoms. The molecule has 1 rings (SSSR count). The normalized spacial score (nSPS) is 9.95. The van der Waals surface area contributed by atoms with Crippen LogP contribution < -0.4 is 10.6 Å². The largest absolute Gasteiger partial charge is 0.364 e. The van der Waals surface area contributed by atoms with Crippen molar-refractivity contribution in [3.63, 3.8) is 0 Å². The number of amides is 1. The molecule has 0 aliphatic rings. The molecule has 0 aliphatic carbocycles. The zero-order valence-corrected chi connectivity index (χ0v) is 11.7. The van der Waals surface area contributed by atoms with Gasteiger partial charge in [-0.25, -0.2) is 9.97 Å². The molecule has 0 bridgehead atoms. The summed E-state index contributed by atoms with van der Waals surface area (Å²) in [7, 11) is 3.21. The van der Waals surface area contributed by atoms with E-state index in [0.717, 1.165) is 6.42 Å². The standard InChI is InChI=1S/C11H18N6O3/c1-4-5-12-10-9(17(19)20)11(15-7-14-10)13-6-8(18)16(2)3/h7H,4-6H2,1-3H3,(H2,12,13,14,15). The van der Waals surface area contributed by atoms with Crippen molar-refractivity contribution < 1.29 is 9.72 Å². The third kappa shape index (κ3) is 4.04. The predicted molar refractivity (Wildman–Crippen MR) is 74.7 cm³/mol. The van der Waals surface area contributed by atoms with Crippen molar-refractivity contribution in [1.82, 2.24) is 14.9 Å². The molecular formula is C11H18N6O3. The molecule has 0 fully saturated rings. The first-order valence-corrected chi connectivity index (χ1v) is 6.14. The summed E-state index contributed by atoms with van der Waals surface area (Å²) in [5, 5.41) is 16.7. The minimum Gasteiger partial charge on any atom is -0.364 e. The van der Waals surface area contributed by atoms with Gasteiger partial charge in [0.2, 0.25) is 17.5 Å². The molecule has 0 saturated carbocycles. The summed E-state index contributed by atoms with van der Waals surface area (Å²) in [6.07, 6.45) is 2.02. The molecule has 20 heavy (non-hydrogen) atoms. The topological polar surface area (TPSA) is 113 Å². The van der Waals surface area contributed by atoms with Crippen LogP contribution in [0.25, 0.3) is 0 Å². The summed E-state index contributed by atoms with van der Waals surface area (Å²) in [5.41, 5.74) is -0.257. The number of nitro groups is 1. The van der Waals surface area contributed by atoms with Crippen LogP contribution >= 0.6 is 0 Å². The van der Waals surface area contributed by atoms with E-state index in [-0.39, 0.29) is 29.8 Å². The van der Waals surface area contributed by atoms with Crippen LogP contribution in [-0.4, -0.2) is 52.9 Å². The van der Waals surface area contributed by atoms with Gasteiger partial charge in [-0.05, 0) is 6.42 Å². The van der Waals surface area contributed by atoms with E-state index in [9.17, 15) is 14.9 Å². The number of likely N-dealkylation sites (N-methyl/N-ethyl adjacent to an activating group) is 1. The fourth-order valence-corrected chi connectivity index (χ4v) is 1.37. The molecule has 1 heterocycles. The van der Waals surface area contributed by atoms with E-state index < -0.39 is 4.92 Å². The SMILES string of the molecule is CCCNc1ncnc(NCC(=O)N(C)C)c1[N+](=O)[O-]. The predicted octanol–water partition coefficient (Wildman–Crippen LogP) is 0.707. The third-order valence-electron chi connectivity index (χ3n) is 2.45. The summed E-state index contributed by atoms with van der Waals surface area (Å²) >= 11 is 0. The summed E-state index contributed by atoms with van der Waals surface area (Å²) in [4.78, 5) is 31.1. The lowest BCUT2D eigenvalue weighted by molar-refractivity contribution is -0.383. The summed E-state index contributed by atoms with van der Waals surface area (Å²) in [6.45, 7) is 2.43. The minimum absolute atomic E-state index is 0.0267. The van der Waals surface area contributed by atoms with Crippen molar-refractivity contribution in [3.8, 4) is 0 Å². The molecule has 2 N–H and O–H groups in total. The molecule has 0 spiro atoms. The van der Waals surface area contributed by atoms with Crippen molar-refractivity contribution in [2.75, 3.05) is 37.8 Å². The summed E-state index contributed by atoms with van der Waals surface area (Å²) in [6, 6.07) is 0. The number of nitrogens with one attached hydrogen (secondary N) is 2. The second-order valence-corrected chi connectivity index (χ2v) is 4.25. The Morgan fingerprint density at radius 2 is 1.95 bits per heavy atom. The van der Waals surface area contributed by atoms with Crippen molar-refractivity contribution in [2.45, 2.75) is 13.3 Å². The van der Waals surface area contributed by atoms with Crippen LogP contribution in [0.5, 0.6) is 0 Å². The molecule has 0 saturated heterocycles. The quantitative estimate of drug-likeness (QED) is 0.559. The van der Waals surface area contributed by atoms with Crippen LogP contribution in [0.2, 0.25) is 0 Å². The smallest absolute Gasteiger partial charge is 0.353 e. The number of hydrogen-bond donors (Lipinski definition) is 2. The minimum atomic E-state index is -0.569. The molecule has 1 amide bonds. The Labute approximate surface area is 116 Å². The first-order valence-electron chi connectivity index (χ1n) is 6.14. The van der Waals surface area contributed by atoms with Gasteiger partial charge in [-0.15, -0.1) is 0 Å². The van der Waals surface area contributed by atoms with Crippen LogP contribution in [-0.2, 0) is 4.79 Å². The van der Waals surface area contributed by atoms with E-state index in [1.807, 2.05) is 6.92 Å². The Hall–Kier alpha value is -2.45. The van der Waals surface area contributed by atoms with Gasteiger partial charge in [0.1, 0.15) is 6.33 Å². The van der Waals surface area contributed by atoms with Crippen LogP contribution in [0.1, 0.15) is 13.3 Å². The maximum absolute atomic E-state index is 11.5.